The summed E-state index contributed by atoms with van der Waals surface area (Å²) in [5.41, 5.74) is 1.13. The molecule has 114 valence electrons. The monoisotopic (exact) mass is 303 g/mol. The van der Waals surface area contributed by atoms with E-state index >= 15 is 0 Å². The first-order valence-corrected chi connectivity index (χ1v) is 8.40. The van der Waals surface area contributed by atoms with Crippen molar-refractivity contribution in [3.05, 3.63) is 57.8 Å². The molecule has 1 unspecified atom stereocenters. The molecule has 1 aromatic heterocycles. The summed E-state index contributed by atoms with van der Waals surface area (Å²) < 4.78 is 0. The molecule has 1 N–H and O–H groups in total. The van der Waals surface area contributed by atoms with Crippen LogP contribution in [0.3, 0.4) is 0 Å². The molecule has 1 atom stereocenters. The van der Waals surface area contributed by atoms with Gasteiger partial charge >= 0.3 is 0 Å². The standard InChI is InChI=1S/C18H23NOS.H2/c1-3-14(2)12-16-10-11-17(21-16)18(20)19-13-15-8-6-4-5-7-9-15;/h4,6-11,14H,3,5,12-13H2,1-2H3,(H,19,20);1H. The van der Waals surface area contributed by atoms with E-state index in [0.29, 0.717) is 12.5 Å². The Hall–Kier alpha value is -1.61. The summed E-state index contributed by atoms with van der Waals surface area (Å²) >= 11 is 1.61. The molecule has 2 rings (SSSR count). The van der Waals surface area contributed by atoms with Gasteiger partial charge in [0.1, 0.15) is 0 Å². The van der Waals surface area contributed by atoms with E-state index in [9.17, 15) is 4.79 Å². The molecule has 21 heavy (non-hydrogen) atoms. The van der Waals surface area contributed by atoms with Crippen LogP contribution in [0.15, 0.2) is 48.1 Å². The highest BCUT2D eigenvalue weighted by Gasteiger charge is 2.10. The fraction of sp³-hybridized carbons (Fsp3) is 0.389. The second-order valence-corrected chi connectivity index (χ2v) is 6.64. The minimum absolute atomic E-state index is 0. The minimum atomic E-state index is 0. The third kappa shape index (κ3) is 5.01. The second-order valence-electron chi connectivity index (χ2n) is 5.47. The summed E-state index contributed by atoms with van der Waals surface area (Å²) in [5.74, 6) is 0.700. The topological polar surface area (TPSA) is 29.1 Å². The molecule has 1 aromatic rings. The van der Waals surface area contributed by atoms with E-state index in [1.54, 1.807) is 11.3 Å². The van der Waals surface area contributed by atoms with Crippen molar-refractivity contribution in [2.45, 2.75) is 33.1 Å². The molecule has 0 bridgehead atoms. The molecule has 2 nitrogen and oxygen atoms in total. The van der Waals surface area contributed by atoms with E-state index in [-0.39, 0.29) is 7.33 Å². The van der Waals surface area contributed by atoms with Gasteiger partial charge in [0, 0.05) is 12.8 Å². The van der Waals surface area contributed by atoms with Crippen LogP contribution in [0.25, 0.3) is 0 Å². The average Bonchev–Trinajstić information content (AvgIpc) is 2.79. The molecular weight excluding hydrogens is 278 g/mol. The normalized spacial score (nSPS) is 15.4. The van der Waals surface area contributed by atoms with Gasteiger partial charge in [0.2, 0.25) is 0 Å². The summed E-state index contributed by atoms with van der Waals surface area (Å²) in [5, 5.41) is 3.00. The van der Waals surface area contributed by atoms with Gasteiger partial charge in [0.15, 0.2) is 0 Å². The molecule has 0 saturated carbocycles. The Kier molecular flexibility index (Phi) is 6.00. The van der Waals surface area contributed by atoms with Crippen molar-refractivity contribution in [1.82, 2.24) is 5.32 Å². The molecule has 1 amide bonds. The molecule has 1 aliphatic rings. The Balaban J connectivity index is 0.00000242. The molecule has 0 aromatic carbocycles. The van der Waals surface area contributed by atoms with E-state index in [0.717, 1.165) is 23.3 Å². The molecule has 0 saturated heterocycles. The van der Waals surface area contributed by atoms with Crippen molar-refractivity contribution in [2.24, 2.45) is 5.92 Å². The molecule has 1 aliphatic carbocycles. The van der Waals surface area contributed by atoms with E-state index < -0.39 is 0 Å². The van der Waals surface area contributed by atoms with Crippen molar-refractivity contribution in [3.8, 4) is 0 Å². The van der Waals surface area contributed by atoms with Gasteiger partial charge in [-0.3, -0.25) is 4.79 Å². The lowest BCUT2D eigenvalue weighted by Crippen LogP contribution is -2.24. The summed E-state index contributed by atoms with van der Waals surface area (Å²) in [6.07, 6.45) is 13.6. The van der Waals surface area contributed by atoms with Crippen LogP contribution in [0, 0.1) is 5.92 Å². The van der Waals surface area contributed by atoms with Crippen LogP contribution in [0.1, 0.15) is 42.7 Å². The molecule has 3 heteroatoms. The zero-order chi connectivity index (χ0) is 15.1. The third-order valence-electron chi connectivity index (χ3n) is 3.64. The Labute approximate surface area is 132 Å². The van der Waals surface area contributed by atoms with Crippen LogP contribution in [0.2, 0.25) is 0 Å². The van der Waals surface area contributed by atoms with Crippen molar-refractivity contribution in [3.63, 3.8) is 0 Å². The lowest BCUT2D eigenvalue weighted by molar-refractivity contribution is 0.0961. The Morgan fingerprint density at radius 1 is 1.43 bits per heavy atom. The maximum absolute atomic E-state index is 12.2. The predicted molar refractivity (Wildman–Crippen MR) is 92.9 cm³/mol. The molecule has 0 radical (unpaired) electrons. The Morgan fingerprint density at radius 2 is 2.29 bits per heavy atom. The summed E-state index contributed by atoms with van der Waals surface area (Å²) in [6.45, 7) is 5.03. The number of amides is 1. The number of hydrogen-bond acceptors (Lipinski definition) is 2. The zero-order valence-corrected chi connectivity index (χ0v) is 13.6. The first-order chi connectivity index (χ1) is 10.2. The van der Waals surface area contributed by atoms with Crippen LogP contribution in [0.5, 0.6) is 0 Å². The largest absolute Gasteiger partial charge is 0.347 e. The Bertz CT molecular complexity index is 571. The number of carbonyl (C=O) groups is 1. The summed E-state index contributed by atoms with van der Waals surface area (Å²) in [6, 6.07) is 4.02. The number of nitrogens with one attached hydrogen (secondary N) is 1. The SMILES string of the molecule is CCC(C)Cc1ccc(C(=O)NCC2=CC=CCC=C2)s1.[HH]. The van der Waals surface area contributed by atoms with Gasteiger partial charge in [-0.2, -0.15) is 0 Å². The lowest BCUT2D eigenvalue weighted by atomic mass is 10.0. The molecular formula is C18H25NOS. The Morgan fingerprint density at radius 3 is 3.10 bits per heavy atom. The van der Waals surface area contributed by atoms with Crippen LogP contribution >= 0.6 is 11.3 Å². The molecule has 1 heterocycles. The second kappa shape index (κ2) is 7.99. The predicted octanol–water partition coefficient (Wildman–Crippen LogP) is 4.76. The van der Waals surface area contributed by atoms with Gasteiger partial charge in [-0.05, 0) is 36.5 Å². The maximum atomic E-state index is 12.2. The first-order valence-electron chi connectivity index (χ1n) is 7.58. The van der Waals surface area contributed by atoms with E-state index in [4.69, 9.17) is 0 Å². The minimum Gasteiger partial charge on any atom is -0.347 e. The first kappa shape index (κ1) is 15.8. The molecule has 0 fully saturated rings. The van der Waals surface area contributed by atoms with Crippen LogP contribution in [-0.2, 0) is 6.42 Å². The number of thiophene rings is 1. The van der Waals surface area contributed by atoms with Crippen molar-refractivity contribution in [1.29, 1.82) is 0 Å². The van der Waals surface area contributed by atoms with Crippen molar-refractivity contribution < 1.29 is 6.22 Å². The highest BCUT2D eigenvalue weighted by Crippen LogP contribution is 2.21. The number of allylic oxidation sites excluding steroid dienone is 4. The third-order valence-corrected chi connectivity index (χ3v) is 4.74. The van der Waals surface area contributed by atoms with E-state index in [1.165, 1.54) is 11.3 Å². The van der Waals surface area contributed by atoms with E-state index in [1.807, 2.05) is 18.2 Å². The van der Waals surface area contributed by atoms with Crippen molar-refractivity contribution >= 4 is 17.2 Å². The highest BCUT2D eigenvalue weighted by atomic mass is 32.1. The number of hydrogen-bond donors (Lipinski definition) is 1. The molecule has 0 spiro atoms. The maximum Gasteiger partial charge on any atom is 0.261 e. The quantitative estimate of drug-likeness (QED) is 0.807. The number of carbonyl (C=O) groups excluding carboxylic acids is 1. The fourth-order valence-electron chi connectivity index (χ4n) is 2.11. The van der Waals surface area contributed by atoms with Gasteiger partial charge in [-0.15, -0.1) is 11.3 Å². The van der Waals surface area contributed by atoms with Crippen molar-refractivity contribution in [2.75, 3.05) is 6.54 Å². The van der Waals surface area contributed by atoms with Gasteiger partial charge in [0.25, 0.3) is 5.91 Å². The van der Waals surface area contributed by atoms with Gasteiger partial charge in [-0.25, -0.2) is 0 Å². The highest BCUT2D eigenvalue weighted by molar-refractivity contribution is 7.14. The average molecular weight is 303 g/mol. The smallest absolute Gasteiger partial charge is 0.261 e. The summed E-state index contributed by atoms with van der Waals surface area (Å²) in [4.78, 5) is 14.3. The fourth-order valence-corrected chi connectivity index (χ4v) is 3.20. The van der Waals surface area contributed by atoms with Gasteiger partial charge in [-0.1, -0.05) is 50.6 Å². The zero-order valence-electron chi connectivity index (χ0n) is 12.8. The van der Waals surface area contributed by atoms with E-state index in [2.05, 4.69) is 43.5 Å². The lowest BCUT2D eigenvalue weighted by Gasteiger charge is -2.05. The van der Waals surface area contributed by atoms with Gasteiger partial charge < -0.3 is 5.32 Å². The van der Waals surface area contributed by atoms with Gasteiger partial charge in [0.05, 0.1) is 4.88 Å². The summed E-state index contributed by atoms with van der Waals surface area (Å²) in [7, 11) is 0. The number of rotatable bonds is 6. The van der Waals surface area contributed by atoms with Crippen LogP contribution in [0.4, 0.5) is 0 Å². The van der Waals surface area contributed by atoms with Crippen LogP contribution < -0.4 is 5.32 Å². The van der Waals surface area contributed by atoms with Crippen LogP contribution in [-0.4, -0.2) is 12.5 Å². The molecule has 0 aliphatic heterocycles.